The molecule has 0 saturated carbocycles. The number of hydrogen-bond acceptors (Lipinski definition) is 16. The predicted octanol–water partition coefficient (Wildman–Crippen LogP) is 0.301. The minimum Gasteiger partial charge on any atom is -0.401 e. The number of likely N-dealkylation sites (N-methyl/N-ethyl adjacent to an activating group) is 3. The molecule has 28 nitrogen and oxygen atoms in total. The molecule has 1 fully saturated rings. The quantitative estimate of drug-likeness (QED) is 0.0341. The Kier molecular flexibility index (Phi) is 32.5. The van der Waals surface area contributed by atoms with Crippen LogP contribution in [0, 0.1) is 5.92 Å². The minimum absolute atomic E-state index is 0.0504. The molecule has 2 aromatic carbocycles. The minimum atomic E-state index is -1.54. The Labute approximate surface area is 554 Å². The lowest BCUT2D eigenvalue weighted by Gasteiger charge is -2.36. The Bertz CT molecular complexity index is 3110. The van der Waals surface area contributed by atoms with E-state index < -0.39 is 144 Å². The Morgan fingerprint density at radius 3 is 1.95 bits per heavy atom. The van der Waals surface area contributed by atoms with Crippen molar-refractivity contribution in [3.05, 3.63) is 83.7 Å². The molecule has 94 heavy (non-hydrogen) atoms. The normalized spacial score (nSPS) is 15.6. The second-order valence-corrected chi connectivity index (χ2v) is 25.1. The van der Waals surface area contributed by atoms with Crippen LogP contribution in [0.5, 0.6) is 0 Å². The predicted molar refractivity (Wildman–Crippen MR) is 357 cm³/mol. The average molecular weight is 1330 g/mol. The summed E-state index contributed by atoms with van der Waals surface area (Å²) >= 11 is 0.847. The van der Waals surface area contributed by atoms with Crippen molar-refractivity contribution in [1.29, 1.82) is 0 Å². The molecule has 9 atom stereocenters. The highest BCUT2D eigenvalue weighted by Gasteiger charge is 2.40. The highest BCUT2D eigenvalue weighted by Crippen LogP contribution is 2.25. The number of nitrogens with zero attached hydrogens (tertiary/aromatic N) is 4. The van der Waals surface area contributed by atoms with Crippen LogP contribution >= 0.6 is 11.8 Å². The number of unbranched alkanes of at least 4 members (excludes halogenated alkanes) is 2. The highest BCUT2D eigenvalue weighted by atomic mass is 32.2. The van der Waals surface area contributed by atoms with Gasteiger partial charge in [0.05, 0.1) is 30.8 Å². The van der Waals surface area contributed by atoms with Crippen molar-refractivity contribution < 1.29 is 62.3 Å². The van der Waals surface area contributed by atoms with E-state index in [0.29, 0.717) is 56.3 Å². The van der Waals surface area contributed by atoms with Gasteiger partial charge in [-0.05, 0) is 68.6 Å². The van der Waals surface area contributed by atoms with Crippen LogP contribution in [-0.4, -0.2) is 209 Å². The summed E-state index contributed by atoms with van der Waals surface area (Å²) < 4.78 is 4.97. The van der Waals surface area contributed by atoms with Crippen molar-refractivity contribution in [2.24, 2.45) is 28.9 Å². The van der Waals surface area contributed by atoms with Gasteiger partial charge in [-0.3, -0.25) is 57.5 Å². The summed E-state index contributed by atoms with van der Waals surface area (Å²) in [6.07, 6.45) is 6.42. The summed E-state index contributed by atoms with van der Waals surface area (Å²) in [7, 11) is 5.63. The van der Waals surface area contributed by atoms with Crippen molar-refractivity contribution in [2.45, 2.75) is 172 Å². The maximum atomic E-state index is 14.7. The Morgan fingerprint density at radius 2 is 1.31 bits per heavy atom. The molecule has 0 spiro atoms. The van der Waals surface area contributed by atoms with Crippen molar-refractivity contribution in [2.75, 3.05) is 59.6 Å². The summed E-state index contributed by atoms with van der Waals surface area (Å²) in [5.41, 5.74) is 26.7. The number of amides is 12. The number of primary amides is 2. The van der Waals surface area contributed by atoms with Gasteiger partial charge in [-0.1, -0.05) is 108 Å². The standard InChI is InChI=1S/C65H99N15O13S/c1-10-12-24-52(78(7)65(92)53(25-13-11-2)79(8)62(89)45(67)32-42-34-70-46-23-18-17-22-43(42)46)61(88)74-47(27-28-56(83)72-38-93-9)60(87)76-50(59(86)71-35-55(69)82)36-94-37-57(84)73-48(31-41-20-15-14-16-21-41)63(90)77(6)40(5)58(85)75-49(33-54(68)81)64(91)80-29-19-26-51(80)44(66)30-39(3)4/h14-18,20-23,30,34,39-40,45,47-53,70H,10-13,19,24-29,31-33,35-38,66-67H2,1-9H3,(H2,68,81)(H2,69,82)(H,71,86)(H,72,83)(H,73,84)(H,74,88)(H,75,85)(H,76,87)/b44-30-/t40-,45-,47-,48-,49-,50-,51-,52-,53-/m0/s1. The van der Waals surface area contributed by atoms with Crippen molar-refractivity contribution in [1.82, 2.24) is 56.5 Å². The maximum Gasteiger partial charge on any atom is 0.246 e. The second kappa shape index (κ2) is 39.2. The molecule has 2 heterocycles. The van der Waals surface area contributed by atoms with Crippen molar-refractivity contribution >= 4 is 93.6 Å². The first kappa shape index (κ1) is 77.9. The lowest BCUT2D eigenvalue weighted by Crippen LogP contribution is -2.59. The first-order valence-corrected chi connectivity index (χ1v) is 33.1. The van der Waals surface area contributed by atoms with E-state index in [1.165, 1.54) is 49.9 Å². The van der Waals surface area contributed by atoms with Gasteiger partial charge in [0.15, 0.2) is 0 Å². The zero-order chi connectivity index (χ0) is 69.8. The van der Waals surface area contributed by atoms with E-state index in [0.717, 1.165) is 33.1 Å². The number of nitrogens with one attached hydrogen (secondary N) is 7. The Morgan fingerprint density at radius 1 is 0.681 bits per heavy atom. The van der Waals surface area contributed by atoms with Gasteiger partial charge in [0.1, 0.15) is 49.0 Å². The van der Waals surface area contributed by atoms with E-state index in [4.69, 9.17) is 27.7 Å². The van der Waals surface area contributed by atoms with Gasteiger partial charge in [-0.25, -0.2) is 0 Å². The molecule has 4 rings (SSSR count). The lowest BCUT2D eigenvalue weighted by molar-refractivity contribution is -0.148. The van der Waals surface area contributed by atoms with E-state index in [1.807, 2.05) is 58.0 Å². The number of carbonyl (C=O) groups is 12. The molecule has 1 aromatic heterocycles. The van der Waals surface area contributed by atoms with Crippen LogP contribution in [0.1, 0.15) is 116 Å². The number of thioether (sulfide) groups is 1. The van der Waals surface area contributed by atoms with E-state index in [9.17, 15) is 57.5 Å². The molecule has 3 aromatic rings. The zero-order valence-electron chi connectivity index (χ0n) is 55.7. The number of ether oxygens (including phenoxy) is 1. The molecule has 0 bridgehead atoms. The van der Waals surface area contributed by atoms with E-state index in [1.54, 1.807) is 36.5 Å². The number of aromatic nitrogens is 1. The van der Waals surface area contributed by atoms with Gasteiger partial charge in [-0.15, -0.1) is 11.8 Å². The van der Waals surface area contributed by atoms with Gasteiger partial charge >= 0.3 is 0 Å². The molecule has 518 valence electrons. The number of benzene rings is 2. The number of likely N-dealkylation sites (tertiary alicyclic amines) is 1. The number of fused-ring (bicyclic) bond motifs is 1. The fraction of sp³-hybridized carbons (Fsp3) is 0.569. The van der Waals surface area contributed by atoms with Crippen LogP contribution in [0.3, 0.4) is 0 Å². The third kappa shape index (κ3) is 24.1. The third-order valence-corrected chi connectivity index (χ3v) is 17.3. The Balaban J connectivity index is 1.55. The summed E-state index contributed by atoms with van der Waals surface area (Å²) in [4.78, 5) is 174. The molecular formula is C65H99N15O13S. The molecule has 15 N–H and O–H groups in total. The number of H-pyrrole nitrogens is 1. The maximum absolute atomic E-state index is 14.7. The van der Waals surface area contributed by atoms with Crippen LogP contribution < -0.4 is 54.8 Å². The SMILES string of the molecule is CCCC[C@@H](C(=O)N(C)[C@@H](CCCC)C(=O)N[C@@H](CCC(=O)NCOC)C(=O)N[C@@H](CSCC(=O)N[C@@H](Cc1ccccc1)C(=O)N(C)[C@@H](C)C(=O)N[C@@H](CC(N)=O)C(=O)N1CCC[C@H]1/C(N)=C/C(C)C)C(=O)NCC(N)=O)N(C)C(=O)[C@@H](N)Cc1c[nH]c2ccccc12. The summed E-state index contributed by atoms with van der Waals surface area (Å²) in [6, 6.07) is 5.55. The van der Waals surface area contributed by atoms with Crippen molar-refractivity contribution in [3.63, 3.8) is 0 Å². The highest BCUT2D eigenvalue weighted by molar-refractivity contribution is 8.00. The summed E-state index contributed by atoms with van der Waals surface area (Å²) in [5.74, 6) is -9.48. The van der Waals surface area contributed by atoms with Gasteiger partial charge in [0.2, 0.25) is 70.9 Å². The van der Waals surface area contributed by atoms with Crippen LogP contribution in [0.4, 0.5) is 0 Å². The number of nitrogens with two attached hydrogens (primary N) is 4. The number of rotatable bonds is 40. The molecule has 0 radical (unpaired) electrons. The smallest absolute Gasteiger partial charge is 0.246 e. The number of allylic oxidation sites excluding steroid dienone is 1. The molecule has 29 heteroatoms. The average Bonchev–Trinajstić information content (AvgIpc) is 1.60. The van der Waals surface area contributed by atoms with E-state index in [2.05, 4.69) is 36.9 Å². The molecule has 0 unspecified atom stereocenters. The molecule has 12 amide bonds. The number of hydrogen-bond donors (Lipinski definition) is 11. The number of para-hydroxylation sites is 1. The van der Waals surface area contributed by atoms with Crippen LogP contribution in [0.25, 0.3) is 10.9 Å². The topological polar surface area (TPSA) is 419 Å². The lowest BCUT2D eigenvalue weighted by atomic mass is 10.0. The number of aromatic amines is 1. The van der Waals surface area contributed by atoms with Gasteiger partial charge < -0.3 is 84.2 Å². The molecular weight excluding hydrogens is 1230 g/mol. The van der Waals surface area contributed by atoms with Crippen LogP contribution in [-0.2, 0) is 75.1 Å². The fourth-order valence-electron chi connectivity index (χ4n) is 10.9. The second-order valence-electron chi connectivity index (χ2n) is 24.0. The number of methoxy groups -OCH3 is 1. The van der Waals surface area contributed by atoms with E-state index >= 15 is 0 Å². The third-order valence-electron chi connectivity index (χ3n) is 16.3. The first-order valence-electron chi connectivity index (χ1n) is 31.9. The van der Waals surface area contributed by atoms with Gasteiger partial charge in [0, 0.05) is 76.2 Å². The number of carbonyl (C=O) groups excluding carboxylic acids is 12. The monoisotopic (exact) mass is 1330 g/mol. The molecule has 1 aliphatic rings. The largest absolute Gasteiger partial charge is 0.401 e. The summed E-state index contributed by atoms with van der Waals surface area (Å²) in [6.45, 7) is 8.63. The molecule has 1 aliphatic heterocycles. The van der Waals surface area contributed by atoms with Gasteiger partial charge in [0.25, 0.3) is 0 Å². The van der Waals surface area contributed by atoms with Crippen molar-refractivity contribution in [3.8, 4) is 0 Å². The van der Waals surface area contributed by atoms with Gasteiger partial charge in [-0.2, -0.15) is 0 Å². The van der Waals surface area contributed by atoms with E-state index in [-0.39, 0.29) is 56.9 Å². The molecule has 1 saturated heterocycles. The van der Waals surface area contributed by atoms with Crippen LogP contribution in [0.2, 0.25) is 0 Å². The Hall–Kier alpha value is -8.57. The molecule has 0 aliphatic carbocycles. The zero-order valence-corrected chi connectivity index (χ0v) is 56.5. The first-order chi connectivity index (χ1) is 44.6. The summed E-state index contributed by atoms with van der Waals surface area (Å²) in [5, 5.41) is 16.4. The fourth-order valence-corrected chi connectivity index (χ4v) is 11.8. The van der Waals surface area contributed by atoms with Crippen LogP contribution in [0.15, 0.2) is 72.6 Å².